The van der Waals surface area contributed by atoms with E-state index in [1.54, 1.807) is 0 Å². The monoisotopic (exact) mass is 269 g/mol. The van der Waals surface area contributed by atoms with Crippen molar-refractivity contribution in [1.29, 1.82) is 0 Å². The fraction of sp³-hybridized carbons (Fsp3) is 0.667. The van der Waals surface area contributed by atoms with Crippen molar-refractivity contribution in [2.75, 3.05) is 17.6 Å². The van der Waals surface area contributed by atoms with Crippen LogP contribution in [0.3, 0.4) is 0 Å². The summed E-state index contributed by atoms with van der Waals surface area (Å²) in [4.78, 5) is 0. The highest BCUT2D eigenvalue weighted by Gasteiger charge is 2.41. The number of hydrogen-bond acceptors (Lipinski definition) is 4. The molecular weight excluding hydrogens is 258 g/mol. The molecule has 1 heterocycles. The van der Waals surface area contributed by atoms with Gasteiger partial charge in [0.2, 0.25) is 0 Å². The summed E-state index contributed by atoms with van der Waals surface area (Å²) in [6.07, 6.45) is -1.81. The van der Waals surface area contributed by atoms with Crippen LogP contribution < -0.4 is 11.1 Å². The molecule has 0 spiro atoms. The van der Waals surface area contributed by atoms with Gasteiger partial charge in [-0.15, -0.1) is 0 Å². The fourth-order valence-electron chi connectivity index (χ4n) is 1.48. The summed E-state index contributed by atoms with van der Waals surface area (Å²) in [6, 6.07) is 0. The van der Waals surface area contributed by atoms with Crippen LogP contribution in [0.5, 0.6) is 0 Å². The van der Waals surface area contributed by atoms with Crippen molar-refractivity contribution in [3.63, 3.8) is 0 Å². The molecule has 3 N–H and O–H groups in total. The zero-order valence-corrected chi connectivity index (χ0v) is 9.54. The largest absolute Gasteiger partial charge is 0.383 e. The highest BCUT2D eigenvalue weighted by molar-refractivity contribution is 7.10. The quantitative estimate of drug-likeness (QED) is 0.808. The number of nitrogens with zero attached hydrogens (tertiary/aromatic N) is 1. The van der Waals surface area contributed by atoms with Gasteiger partial charge in [0.1, 0.15) is 10.8 Å². The van der Waals surface area contributed by atoms with Crippen LogP contribution in [-0.2, 0) is 0 Å². The van der Waals surface area contributed by atoms with Gasteiger partial charge in [-0.3, -0.25) is 0 Å². The normalized spacial score (nSPS) is 16.5. The summed E-state index contributed by atoms with van der Waals surface area (Å²) < 4.78 is 53.2. The Morgan fingerprint density at radius 2 is 2.12 bits per heavy atom. The SMILES string of the molecule is Nc1nsc(NCC(F)(F)C(F)F)c1C1CC1. The molecule has 17 heavy (non-hydrogen) atoms. The van der Waals surface area contributed by atoms with E-state index in [0.717, 1.165) is 24.4 Å². The van der Waals surface area contributed by atoms with E-state index in [4.69, 9.17) is 5.73 Å². The van der Waals surface area contributed by atoms with Gasteiger partial charge in [-0.25, -0.2) is 8.78 Å². The Morgan fingerprint density at radius 3 is 2.65 bits per heavy atom. The van der Waals surface area contributed by atoms with Gasteiger partial charge in [0.15, 0.2) is 0 Å². The minimum absolute atomic E-state index is 0.233. The summed E-state index contributed by atoms with van der Waals surface area (Å²) in [7, 11) is 0. The van der Waals surface area contributed by atoms with Gasteiger partial charge in [-0.05, 0) is 30.3 Å². The minimum atomic E-state index is -4.04. The molecule has 0 amide bonds. The van der Waals surface area contributed by atoms with E-state index in [0.29, 0.717) is 16.4 Å². The molecule has 8 heteroatoms. The van der Waals surface area contributed by atoms with Crippen LogP contribution in [0.15, 0.2) is 0 Å². The maximum Gasteiger partial charge on any atom is 0.324 e. The molecule has 0 radical (unpaired) electrons. The summed E-state index contributed by atoms with van der Waals surface area (Å²) in [6.45, 7) is -1.11. The Labute approximate surface area is 99.2 Å². The fourth-order valence-corrected chi connectivity index (χ4v) is 2.27. The van der Waals surface area contributed by atoms with Crippen molar-refractivity contribution >= 4 is 22.4 Å². The van der Waals surface area contributed by atoms with E-state index < -0.39 is 18.9 Å². The van der Waals surface area contributed by atoms with Crippen LogP contribution in [0, 0.1) is 0 Å². The number of anilines is 2. The lowest BCUT2D eigenvalue weighted by Crippen LogP contribution is -2.34. The van der Waals surface area contributed by atoms with Crippen molar-refractivity contribution < 1.29 is 17.6 Å². The maximum atomic E-state index is 12.7. The maximum absolute atomic E-state index is 12.7. The molecule has 0 atom stereocenters. The minimum Gasteiger partial charge on any atom is -0.383 e. The molecule has 0 bridgehead atoms. The summed E-state index contributed by atoms with van der Waals surface area (Å²) in [5.74, 6) is -3.50. The molecule has 0 aromatic carbocycles. The first kappa shape index (κ1) is 12.4. The number of hydrogen-bond donors (Lipinski definition) is 2. The van der Waals surface area contributed by atoms with Gasteiger partial charge in [-0.1, -0.05) is 0 Å². The van der Waals surface area contributed by atoms with E-state index in [9.17, 15) is 17.6 Å². The second kappa shape index (κ2) is 4.32. The standard InChI is InChI=1S/C9H11F4N3S/c10-8(11)9(12,13)3-15-7-5(4-1-2-4)6(14)16-17-7/h4,8,15H,1-3H2,(H2,14,16). The van der Waals surface area contributed by atoms with Crippen molar-refractivity contribution in [3.05, 3.63) is 5.56 Å². The molecule has 3 nitrogen and oxygen atoms in total. The second-order valence-electron chi connectivity index (χ2n) is 4.00. The van der Waals surface area contributed by atoms with Gasteiger partial charge in [0.25, 0.3) is 0 Å². The van der Waals surface area contributed by atoms with Crippen LogP contribution in [0.2, 0.25) is 0 Å². The lowest BCUT2D eigenvalue weighted by molar-refractivity contribution is -0.117. The van der Waals surface area contributed by atoms with Crippen molar-refractivity contribution in [2.45, 2.75) is 31.1 Å². The first-order chi connectivity index (χ1) is 7.92. The van der Waals surface area contributed by atoms with Crippen molar-refractivity contribution in [2.24, 2.45) is 0 Å². The average Bonchev–Trinajstić information content (AvgIpc) is 3.00. The van der Waals surface area contributed by atoms with Gasteiger partial charge in [0, 0.05) is 5.56 Å². The number of nitrogens with one attached hydrogen (secondary N) is 1. The molecule has 1 aliphatic rings. The van der Waals surface area contributed by atoms with Gasteiger partial charge in [-0.2, -0.15) is 13.2 Å². The molecule has 2 rings (SSSR count). The molecule has 1 aliphatic carbocycles. The van der Waals surface area contributed by atoms with E-state index >= 15 is 0 Å². The van der Waals surface area contributed by atoms with Crippen molar-refractivity contribution in [3.8, 4) is 0 Å². The second-order valence-corrected chi connectivity index (χ2v) is 4.77. The molecule has 0 saturated heterocycles. The van der Waals surface area contributed by atoms with Gasteiger partial charge in [0.05, 0.1) is 6.54 Å². The highest BCUT2D eigenvalue weighted by atomic mass is 32.1. The molecule has 1 fully saturated rings. The molecule has 0 unspecified atom stereocenters. The van der Waals surface area contributed by atoms with Gasteiger partial charge >= 0.3 is 12.3 Å². The third-order valence-electron chi connectivity index (χ3n) is 2.55. The van der Waals surface area contributed by atoms with E-state index in [1.807, 2.05) is 0 Å². The van der Waals surface area contributed by atoms with Crippen molar-refractivity contribution in [1.82, 2.24) is 4.37 Å². The van der Waals surface area contributed by atoms with Crippen LogP contribution in [0.1, 0.15) is 24.3 Å². The zero-order chi connectivity index (χ0) is 12.6. The van der Waals surface area contributed by atoms with E-state index in [1.165, 1.54) is 0 Å². The number of alkyl halides is 4. The van der Waals surface area contributed by atoms with Crippen LogP contribution in [0.25, 0.3) is 0 Å². The first-order valence-corrected chi connectivity index (χ1v) is 5.84. The number of halogens is 4. The first-order valence-electron chi connectivity index (χ1n) is 5.06. The lowest BCUT2D eigenvalue weighted by Gasteiger charge is -2.16. The zero-order valence-electron chi connectivity index (χ0n) is 8.72. The van der Waals surface area contributed by atoms with Crippen LogP contribution in [0.4, 0.5) is 28.4 Å². The third-order valence-corrected chi connectivity index (χ3v) is 3.38. The number of nitrogen functional groups attached to an aromatic ring is 1. The Morgan fingerprint density at radius 1 is 1.47 bits per heavy atom. The molecular formula is C9H11F4N3S. The summed E-state index contributed by atoms with van der Waals surface area (Å²) in [5.41, 5.74) is 6.30. The molecule has 0 aliphatic heterocycles. The molecule has 1 aromatic rings. The van der Waals surface area contributed by atoms with Gasteiger partial charge < -0.3 is 11.1 Å². The highest BCUT2D eigenvalue weighted by Crippen LogP contribution is 2.47. The predicted molar refractivity (Wildman–Crippen MR) is 57.9 cm³/mol. The molecule has 1 aromatic heterocycles. The average molecular weight is 269 g/mol. The van der Waals surface area contributed by atoms with E-state index in [2.05, 4.69) is 9.69 Å². The topological polar surface area (TPSA) is 50.9 Å². The predicted octanol–water partition coefficient (Wildman–Crippen LogP) is 2.92. The summed E-state index contributed by atoms with van der Waals surface area (Å²) in [5, 5.41) is 2.70. The van der Waals surface area contributed by atoms with Crippen LogP contribution in [-0.4, -0.2) is 23.3 Å². The number of nitrogens with two attached hydrogens (primary N) is 1. The van der Waals surface area contributed by atoms with E-state index in [-0.39, 0.29) is 5.92 Å². The Balaban J connectivity index is 2.04. The Bertz CT molecular complexity index is 403. The molecule has 96 valence electrons. The Hall–Kier alpha value is -1.05. The smallest absolute Gasteiger partial charge is 0.324 e. The third kappa shape index (κ3) is 2.62. The number of aromatic nitrogens is 1. The summed E-state index contributed by atoms with van der Waals surface area (Å²) >= 11 is 0.933. The molecule has 1 saturated carbocycles. The van der Waals surface area contributed by atoms with Crippen LogP contribution >= 0.6 is 11.5 Å². The lowest BCUT2D eigenvalue weighted by atomic mass is 10.2. The number of rotatable bonds is 5. The Kier molecular flexibility index (Phi) is 3.15.